The lowest BCUT2D eigenvalue weighted by Crippen LogP contribution is -2.42. The van der Waals surface area contributed by atoms with Gasteiger partial charge in [-0.1, -0.05) is 6.07 Å². The molecule has 3 heterocycles. The molecule has 0 bridgehead atoms. The number of likely N-dealkylation sites (tertiary alicyclic amines) is 2. The number of fused-ring (bicyclic) bond motifs is 1. The van der Waals surface area contributed by atoms with Gasteiger partial charge in [-0.3, -0.25) is 19.6 Å². The molecule has 0 unspecified atom stereocenters. The van der Waals surface area contributed by atoms with Crippen LogP contribution in [-0.4, -0.2) is 126 Å². The van der Waals surface area contributed by atoms with E-state index in [4.69, 9.17) is 39.2 Å². The lowest BCUT2D eigenvalue weighted by Gasteiger charge is -2.31. The Labute approximate surface area is 262 Å². The Hall–Kier alpha value is -3.72. The van der Waals surface area contributed by atoms with Crippen LogP contribution in [0.5, 0.6) is 0 Å². The standard InChI is InChI=1S/C20H31N3O3.3C2HF3O2/c1-3-26-19(24)20-7-5-9-22(13-17-6-4-8-21-12-17)14-18(20)15-23(16-20)10-11-25-2;3*3-2(4,5)1(6)7/h4,6,8,12,18H,3,5,7,9-11,13-16H2,1-2H3;3*(H,6,7)/t18-,20-;;;/m0.../s1. The van der Waals surface area contributed by atoms with Gasteiger partial charge < -0.3 is 24.8 Å². The topological polar surface area (TPSA) is 167 Å². The largest absolute Gasteiger partial charge is 0.490 e. The number of carbonyl (C=O) groups excluding carboxylic acids is 1. The van der Waals surface area contributed by atoms with Crippen molar-refractivity contribution in [2.45, 2.75) is 44.8 Å². The number of carboxylic acids is 3. The molecule has 2 aliphatic heterocycles. The molecule has 2 fully saturated rings. The van der Waals surface area contributed by atoms with Crippen molar-refractivity contribution in [3.8, 4) is 0 Å². The van der Waals surface area contributed by atoms with Crippen LogP contribution >= 0.6 is 0 Å². The van der Waals surface area contributed by atoms with E-state index in [2.05, 4.69) is 20.9 Å². The molecule has 2 saturated heterocycles. The second-order valence-corrected chi connectivity index (χ2v) is 9.91. The Bertz CT molecular complexity index is 1080. The average molecular weight is 704 g/mol. The Balaban J connectivity index is 0.000000820. The fraction of sp³-hybridized carbons (Fsp3) is 0.654. The van der Waals surface area contributed by atoms with Gasteiger partial charge in [0.2, 0.25) is 0 Å². The van der Waals surface area contributed by atoms with Crippen molar-refractivity contribution < 1.29 is 83.5 Å². The summed E-state index contributed by atoms with van der Waals surface area (Å²) in [6, 6.07) is 4.11. The number of alkyl halides is 9. The van der Waals surface area contributed by atoms with Crippen LogP contribution in [0.1, 0.15) is 25.3 Å². The number of esters is 1. The maximum absolute atomic E-state index is 12.9. The molecule has 1 aromatic rings. The van der Waals surface area contributed by atoms with Crippen LogP contribution in [0.15, 0.2) is 24.5 Å². The highest BCUT2D eigenvalue weighted by Gasteiger charge is 2.53. The van der Waals surface area contributed by atoms with Crippen molar-refractivity contribution in [1.82, 2.24) is 14.8 Å². The van der Waals surface area contributed by atoms with E-state index in [0.717, 1.165) is 52.1 Å². The number of rotatable bonds is 7. The number of carbonyl (C=O) groups is 4. The summed E-state index contributed by atoms with van der Waals surface area (Å²) >= 11 is 0. The summed E-state index contributed by atoms with van der Waals surface area (Å²) in [6.07, 6.45) is -9.58. The first-order valence-corrected chi connectivity index (χ1v) is 13.4. The summed E-state index contributed by atoms with van der Waals surface area (Å²) in [4.78, 5) is 48.7. The molecule has 2 atom stereocenters. The molecule has 1 aromatic heterocycles. The van der Waals surface area contributed by atoms with Gasteiger partial charge >= 0.3 is 42.4 Å². The van der Waals surface area contributed by atoms with E-state index in [1.807, 2.05) is 25.4 Å². The minimum Gasteiger partial charge on any atom is -0.475 e. The first kappa shape index (κ1) is 43.3. The second kappa shape index (κ2) is 19.2. The monoisotopic (exact) mass is 703 g/mol. The van der Waals surface area contributed by atoms with E-state index in [1.165, 1.54) is 5.56 Å². The second-order valence-electron chi connectivity index (χ2n) is 9.91. The molecule has 21 heteroatoms. The molecule has 0 amide bonds. The molecular formula is C26H34F9N3O9. The maximum atomic E-state index is 12.9. The Kier molecular flexibility index (Phi) is 17.7. The van der Waals surface area contributed by atoms with E-state index in [-0.39, 0.29) is 11.4 Å². The van der Waals surface area contributed by atoms with Crippen LogP contribution in [0.25, 0.3) is 0 Å². The Morgan fingerprint density at radius 3 is 1.81 bits per heavy atom. The summed E-state index contributed by atoms with van der Waals surface area (Å²) < 4.78 is 106. The fourth-order valence-electron chi connectivity index (χ4n) is 4.51. The molecule has 0 aliphatic carbocycles. The first-order valence-electron chi connectivity index (χ1n) is 13.4. The number of halogens is 9. The van der Waals surface area contributed by atoms with Crippen LogP contribution in [0, 0.1) is 11.3 Å². The van der Waals surface area contributed by atoms with Gasteiger partial charge in [0.05, 0.1) is 18.6 Å². The number of carboxylic acid groups (broad SMARTS) is 3. The summed E-state index contributed by atoms with van der Waals surface area (Å²) in [5.74, 6) is -7.97. The average Bonchev–Trinajstić information content (AvgIpc) is 3.20. The number of hydrogen-bond donors (Lipinski definition) is 3. The third-order valence-electron chi connectivity index (χ3n) is 6.49. The highest BCUT2D eigenvalue weighted by molar-refractivity contribution is 5.78. The summed E-state index contributed by atoms with van der Waals surface area (Å²) in [5.41, 5.74) is 0.860. The van der Waals surface area contributed by atoms with E-state index in [1.54, 1.807) is 7.11 Å². The zero-order valence-electron chi connectivity index (χ0n) is 25.0. The predicted octanol–water partition coefficient (Wildman–Crippen LogP) is 3.71. The van der Waals surface area contributed by atoms with Crippen molar-refractivity contribution in [1.29, 1.82) is 0 Å². The van der Waals surface area contributed by atoms with Gasteiger partial charge in [-0.15, -0.1) is 0 Å². The van der Waals surface area contributed by atoms with Crippen molar-refractivity contribution in [3.05, 3.63) is 30.1 Å². The van der Waals surface area contributed by atoms with Crippen molar-refractivity contribution in [3.63, 3.8) is 0 Å². The van der Waals surface area contributed by atoms with E-state index >= 15 is 0 Å². The third-order valence-corrected chi connectivity index (χ3v) is 6.49. The zero-order valence-corrected chi connectivity index (χ0v) is 25.0. The quantitative estimate of drug-likeness (QED) is 0.279. The minimum absolute atomic E-state index is 0.00635. The molecule has 0 spiro atoms. The van der Waals surface area contributed by atoms with Gasteiger partial charge in [-0.25, -0.2) is 14.4 Å². The molecule has 270 valence electrons. The van der Waals surface area contributed by atoms with Gasteiger partial charge in [0, 0.05) is 58.1 Å². The van der Waals surface area contributed by atoms with Gasteiger partial charge in [-0.2, -0.15) is 39.5 Å². The number of nitrogens with zero attached hydrogens (tertiary/aromatic N) is 3. The van der Waals surface area contributed by atoms with Crippen LogP contribution in [0.2, 0.25) is 0 Å². The Morgan fingerprint density at radius 1 is 0.915 bits per heavy atom. The highest BCUT2D eigenvalue weighted by Crippen LogP contribution is 2.44. The summed E-state index contributed by atoms with van der Waals surface area (Å²) in [5, 5.41) is 21.4. The van der Waals surface area contributed by atoms with Gasteiger partial charge in [0.25, 0.3) is 0 Å². The van der Waals surface area contributed by atoms with Crippen molar-refractivity contribution >= 4 is 23.9 Å². The van der Waals surface area contributed by atoms with Gasteiger partial charge in [0.15, 0.2) is 0 Å². The van der Waals surface area contributed by atoms with Crippen LogP contribution in [-0.2, 0) is 35.2 Å². The van der Waals surface area contributed by atoms with E-state index in [0.29, 0.717) is 19.1 Å². The lowest BCUT2D eigenvalue weighted by atomic mass is 9.75. The molecule has 47 heavy (non-hydrogen) atoms. The number of aromatic nitrogens is 1. The van der Waals surface area contributed by atoms with Gasteiger partial charge in [-0.05, 0) is 37.9 Å². The SMILES string of the molecule is CCOC(=O)[C@]12CCCN(Cc3cccnc3)C[C@H]1CN(CCOC)C2.O=C(O)C(F)(F)F.O=C(O)C(F)(F)F.O=C(O)C(F)(F)F. The van der Waals surface area contributed by atoms with Crippen molar-refractivity contribution in [2.24, 2.45) is 11.3 Å². The number of pyridine rings is 1. The number of hydrogen-bond acceptors (Lipinski definition) is 9. The van der Waals surface area contributed by atoms with Gasteiger partial charge in [0.1, 0.15) is 0 Å². The maximum Gasteiger partial charge on any atom is 0.490 e. The molecule has 3 rings (SSSR count). The fourth-order valence-corrected chi connectivity index (χ4v) is 4.51. The first-order chi connectivity index (χ1) is 21.5. The summed E-state index contributed by atoms with van der Waals surface area (Å²) in [7, 11) is 1.73. The molecule has 2 aliphatic rings. The van der Waals surface area contributed by atoms with Crippen LogP contribution in [0.3, 0.4) is 0 Å². The molecule has 12 nitrogen and oxygen atoms in total. The van der Waals surface area contributed by atoms with E-state index < -0.39 is 36.4 Å². The molecule has 3 N–H and O–H groups in total. The predicted molar refractivity (Wildman–Crippen MR) is 141 cm³/mol. The molecular weight excluding hydrogens is 669 g/mol. The van der Waals surface area contributed by atoms with E-state index in [9.17, 15) is 44.3 Å². The third kappa shape index (κ3) is 16.1. The molecule has 0 radical (unpaired) electrons. The zero-order chi connectivity index (χ0) is 36.6. The molecule has 0 saturated carbocycles. The lowest BCUT2D eigenvalue weighted by molar-refractivity contribution is -0.193. The summed E-state index contributed by atoms with van der Waals surface area (Å²) in [6.45, 7) is 8.48. The Morgan fingerprint density at radius 2 is 1.40 bits per heavy atom. The van der Waals surface area contributed by atoms with Crippen LogP contribution in [0.4, 0.5) is 39.5 Å². The number of ether oxygens (including phenoxy) is 2. The van der Waals surface area contributed by atoms with Crippen molar-refractivity contribution in [2.75, 3.05) is 53.0 Å². The normalized spacial score (nSPS) is 20.0. The number of aliphatic carboxylic acids is 3. The minimum atomic E-state index is -5.08. The van der Waals surface area contributed by atoms with Crippen LogP contribution < -0.4 is 0 Å². The smallest absolute Gasteiger partial charge is 0.475 e. The highest BCUT2D eigenvalue weighted by atomic mass is 19.4. The molecule has 0 aromatic carbocycles. The number of methoxy groups -OCH3 is 1.